The summed E-state index contributed by atoms with van der Waals surface area (Å²) in [6, 6.07) is 0.936. The maximum atomic E-state index is 12.7. The SMILES string of the molecule is CCC(C)OP(=O)(O)CCN(C=O)CC(C)=CCc1c(OC)c(C)c2c(c1OCC[Si](C)(C)C)C(=O)OC2. The van der Waals surface area contributed by atoms with Crippen molar-refractivity contribution in [3.63, 3.8) is 0 Å². The molecule has 38 heavy (non-hydrogen) atoms. The Balaban J connectivity index is 2.26. The van der Waals surface area contributed by atoms with Crippen molar-refractivity contribution < 1.29 is 37.8 Å². The lowest BCUT2D eigenvalue weighted by Gasteiger charge is -2.22. The molecule has 0 bridgehead atoms. The van der Waals surface area contributed by atoms with Crippen molar-refractivity contribution in [2.45, 2.75) is 78.9 Å². The van der Waals surface area contributed by atoms with E-state index in [9.17, 15) is 19.0 Å². The summed E-state index contributed by atoms with van der Waals surface area (Å²) in [7, 11) is -3.56. The minimum atomic E-state index is -3.79. The molecule has 11 heteroatoms. The monoisotopic (exact) mass is 569 g/mol. The lowest BCUT2D eigenvalue weighted by atomic mass is 9.94. The number of nitrogens with zero attached hydrogens (tertiary/aromatic N) is 1. The van der Waals surface area contributed by atoms with Crippen LogP contribution in [0.4, 0.5) is 0 Å². The van der Waals surface area contributed by atoms with Crippen molar-refractivity contribution in [2.24, 2.45) is 0 Å². The van der Waals surface area contributed by atoms with E-state index in [-0.39, 0.29) is 32.0 Å². The van der Waals surface area contributed by atoms with Crippen molar-refractivity contribution >= 4 is 28.0 Å². The summed E-state index contributed by atoms with van der Waals surface area (Å²) >= 11 is 0. The number of esters is 1. The Morgan fingerprint density at radius 1 is 1.29 bits per heavy atom. The number of allylic oxidation sites excluding steroid dienone is 1. The van der Waals surface area contributed by atoms with Gasteiger partial charge in [-0.05, 0) is 45.2 Å². The zero-order valence-electron chi connectivity index (χ0n) is 24.1. The van der Waals surface area contributed by atoms with Gasteiger partial charge in [-0.25, -0.2) is 4.79 Å². The number of ether oxygens (including phenoxy) is 3. The average Bonchev–Trinajstić information content (AvgIpc) is 3.22. The van der Waals surface area contributed by atoms with Gasteiger partial charge in [0.05, 0.1) is 26.0 Å². The standard InChI is InChI=1S/C27H44NO8PSi/c1-9-20(3)36-37(31,32)14-12-28(18-29)16-19(2)10-11-22-25(33-5)21(4)23-17-35-27(30)24(23)26(22)34-13-15-38(6,7)8/h10,18,20H,9,11-17H2,1-8H3,(H,31,32). The molecule has 1 heterocycles. The second-order valence-corrected chi connectivity index (χ2v) is 18.6. The van der Waals surface area contributed by atoms with Crippen LogP contribution in [0, 0.1) is 6.92 Å². The molecule has 2 rings (SSSR count). The van der Waals surface area contributed by atoms with E-state index in [4.69, 9.17) is 18.7 Å². The maximum Gasteiger partial charge on any atom is 0.342 e. The Morgan fingerprint density at radius 3 is 2.55 bits per heavy atom. The third kappa shape index (κ3) is 8.97. The first-order valence-electron chi connectivity index (χ1n) is 13.1. The van der Waals surface area contributed by atoms with Crippen LogP contribution in [0.2, 0.25) is 25.7 Å². The van der Waals surface area contributed by atoms with Crippen LogP contribution < -0.4 is 9.47 Å². The molecule has 0 saturated carbocycles. The highest BCUT2D eigenvalue weighted by Crippen LogP contribution is 2.44. The van der Waals surface area contributed by atoms with E-state index >= 15 is 0 Å². The van der Waals surface area contributed by atoms with E-state index in [0.29, 0.717) is 42.9 Å². The number of carbonyl (C=O) groups is 2. The van der Waals surface area contributed by atoms with Crippen molar-refractivity contribution in [3.05, 3.63) is 33.9 Å². The van der Waals surface area contributed by atoms with Crippen molar-refractivity contribution in [1.82, 2.24) is 4.90 Å². The Hall–Kier alpha value is -2.13. The number of benzene rings is 1. The molecule has 0 aliphatic carbocycles. The van der Waals surface area contributed by atoms with Gasteiger partial charge in [0.25, 0.3) is 0 Å². The van der Waals surface area contributed by atoms with Crippen LogP contribution in [0.25, 0.3) is 0 Å². The molecule has 1 N–H and O–H groups in total. The predicted octanol–water partition coefficient (Wildman–Crippen LogP) is 5.34. The highest BCUT2D eigenvalue weighted by Gasteiger charge is 2.33. The fourth-order valence-electron chi connectivity index (χ4n) is 4.12. The number of hydrogen-bond donors (Lipinski definition) is 1. The van der Waals surface area contributed by atoms with Crippen LogP contribution in [-0.4, -0.2) is 69.3 Å². The van der Waals surface area contributed by atoms with E-state index in [1.54, 1.807) is 14.0 Å². The second kappa shape index (κ2) is 13.8. The van der Waals surface area contributed by atoms with Gasteiger partial charge < -0.3 is 28.5 Å². The number of cyclic esters (lactones) is 1. The fourth-order valence-corrected chi connectivity index (χ4v) is 6.16. The van der Waals surface area contributed by atoms with Gasteiger partial charge in [0.2, 0.25) is 6.41 Å². The van der Waals surface area contributed by atoms with Gasteiger partial charge in [0.1, 0.15) is 23.7 Å². The Morgan fingerprint density at radius 2 is 1.97 bits per heavy atom. The number of rotatable bonds is 16. The molecule has 9 nitrogen and oxygen atoms in total. The molecule has 1 aliphatic heterocycles. The summed E-state index contributed by atoms with van der Waals surface area (Å²) in [5.41, 5.74) is 3.75. The molecular formula is C27H44NO8PSi. The molecular weight excluding hydrogens is 525 g/mol. The highest BCUT2D eigenvalue weighted by atomic mass is 31.2. The molecule has 2 atom stereocenters. The number of hydrogen-bond acceptors (Lipinski definition) is 7. The molecule has 0 saturated heterocycles. The number of fused-ring (bicyclic) bond motifs is 1. The van der Waals surface area contributed by atoms with Gasteiger partial charge in [-0.3, -0.25) is 9.36 Å². The molecule has 1 aliphatic rings. The lowest BCUT2D eigenvalue weighted by Crippen LogP contribution is -2.27. The summed E-state index contributed by atoms with van der Waals surface area (Å²) < 4.78 is 34.9. The van der Waals surface area contributed by atoms with Gasteiger partial charge in [-0.2, -0.15) is 0 Å². The van der Waals surface area contributed by atoms with Crippen LogP contribution in [0.15, 0.2) is 11.6 Å². The Labute approximate surface area is 228 Å². The van der Waals surface area contributed by atoms with E-state index in [1.807, 2.05) is 26.8 Å². The van der Waals surface area contributed by atoms with Crippen molar-refractivity contribution in [2.75, 3.05) is 33.0 Å². The minimum Gasteiger partial charge on any atom is -0.496 e. The summed E-state index contributed by atoms with van der Waals surface area (Å²) in [5.74, 6) is 0.767. The fraction of sp³-hybridized carbons (Fsp3) is 0.630. The maximum absolute atomic E-state index is 12.7. The number of methoxy groups -OCH3 is 1. The second-order valence-electron chi connectivity index (χ2n) is 11.1. The normalized spacial score (nSPS) is 15.9. The molecule has 1 amide bonds. The van der Waals surface area contributed by atoms with Crippen LogP contribution in [0.1, 0.15) is 54.2 Å². The Bertz CT molecular complexity index is 1080. The molecule has 0 spiro atoms. The number of amides is 1. The van der Waals surface area contributed by atoms with E-state index in [0.717, 1.165) is 28.3 Å². The van der Waals surface area contributed by atoms with E-state index in [1.165, 1.54) is 4.90 Å². The topological polar surface area (TPSA) is 112 Å². The van der Waals surface area contributed by atoms with Gasteiger partial charge in [0, 0.05) is 32.3 Å². The molecule has 1 aromatic carbocycles. The average molecular weight is 570 g/mol. The number of carbonyl (C=O) groups excluding carboxylic acids is 2. The molecule has 1 aromatic rings. The first kappa shape index (κ1) is 32.1. The quantitative estimate of drug-likeness (QED) is 0.0934. The van der Waals surface area contributed by atoms with E-state index < -0.39 is 21.6 Å². The smallest absolute Gasteiger partial charge is 0.342 e. The zero-order chi connectivity index (χ0) is 28.7. The molecule has 214 valence electrons. The largest absolute Gasteiger partial charge is 0.496 e. The van der Waals surface area contributed by atoms with Crippen molar-refractivity contribution in [1.29, 1.82) is 0 Å². The molecule has 2 unspecified atom stereocenters. The lowest BCUT2D eigenvalue weighted by molar-refractivity contribution is -0.117. The Kier molecular flexibility index (Phi) is 11.6. The van der Waals surface area contributed by atoms with E-state index in [2.05, 4.69) is 19.6 Å². The van der Waals surface area contributed by atoms with Gasteiger partial charge in [-0.15, -0.1) is 0 Å². The highest BCUT2D eigenvalue weighted by molar-refractivity contribution is 7.52. The van der Waals surface area contributed by atoms with Gasteiger partial charge >= 0.3 is 13.6 Å². The van der Waals surface area contributed by atoms with Gasteiger partial charge in [0.15, 0.2) is 0 Å². The van der Waals surface area contributed by atoms with Crippen LogP contribution in [0.5, 0.6) is 11.5 Å². The third-order valence-corrected chi connectivity index (χ3v) is 9.73. The third-order valence-electron chi connectivity index (χ3n) is 6.57. The zero-order valence-corrected chi connectivity index (χ0v) is 26.0. The summed E-state index contributed by atoms with van der Waals surface area (Å²) in [6.45, 7) is 15.3. The van der Waals surface area contributed by atoms with Gasteiger partial charge in [-0.1, -0.05) is 38.2 Å². The molecule has 0 aromatic heterocycles. The summed E-state index contributed by atoms with van der Waals surface area (Å²) in [5, 5.41) is 0. The van der Waals surface area contributed by atoms with Crippen LogP contribution >= 0.6 is 7.60 Å². The molecule has 0 radical (unpaired) electrons. The molecule has 0 fully saturated rings. The van der Waals surface area contributed by atoms with Crippen molar-refractivity contribution in [3.8, 4) is 11.5 Å². The predicted molar refractivity (Wildman–Crippen MR) is 151 cm³/mol. The first-order valence-corrected chi connectivity index (χ1v) is 18.6. The van der Waals surface area contributed by atoms with Crippen LogP contribution in [0.3, 0.4) is 0 Å². The first-order chi connectivity index (χ1) is 17.7. The summed E-state index contributed by atoms with van der Waals surface area (Å²) in [6.07, 6.45) is 3.19. The summed E-state index contributed by atoms with van der Waals surface area (Å²) in [4.78, 5) is 35.9. The minimum absolute atomic E-state index is 0.0943. The van der Waals surface area contributed by atoms with Crippen LogP contribution in [-0.2, 0) is 31.6 Å².